The zero-order valence-corrected chi connectivity index (χ0v) is 15.6. The maximum atomic E-state index is 13.7. The number of H-pyrrole nitrogens is 1. The summed E-state index contributed by atoms with van der Waals surface area (Å²) >= 11 is 5.62. The molecule has 0 aromatic carbocycles. The van der Waals surface area contributed by atoms with E-state index in [1.165, 1.54) is 16.8 Å². The van der Waals surface area contributed by atoms with Gasteiger partial charge < -0.3 is 15.2 Å². The molecule has 4 rings (SSSR count). The second kappa shape index (κ2) is 8.60. The molecule has 3 aromatic rings. The van der Waals surface area contributed by atoms with E-state index in [4.69, 9.17) is 11.6 Å². The molecule has 1 atom stereocenters. The van der Waals surface area contributed by atoms with Crippen LogP contribution in [0.2, 0.25) is 0 Å². The predicted octanol–water partition coefficient (Wildman–Crippen LogP) is 2.50. The number of nitrogens with one attached hydrogen (secondary N) is 2. The Balaban J connectivity index is 0.00000240. The molecule has 0 unspecified atom stereocenters. The van der Waals surface area contributed by atoms with Crippen LogP contribution in [-0.4, -0.2) is 44.5 Å². The van der Waals surface area contributed by atoms with Gasteiger partial charge in [0.05, 0.1) is 12.2 Å². The largest absolute Gasteiger partial charge is 0.351 e. The van der Waals surface area contributed by atoms with Gasteiger partial charge in [-0.15, -0.1) is 11.6 Å². The molecule has 4 heterocycles. The molecule has 2 N–H and O–H groups in total. The quantitative estimate of drug-likeness (QED) is 0.618. The second-order valence-corrected chi connectivity index (χ2v) is 6.89. The van der Waals surface area contributed by atoms with E-state index in [0.29, 0.717) is 48.0 Å². The van der Waals surface area contributed by atoms with Crippen molar-refractivity contribution in [2.24, 2.45) is 0 Å². The minimum Gasteiger partial charge on any atom is -0.351 e. The molecule has 1 aliphatic rings. The number of halogens is 2. The number of hydrogen-bond donors (Lipinski definition) is 2. The average molecular weight is 421 g/mol. The topological polar surface area (TPSA) is 95.4 Å². The van der Waals surface area contributed by atoms with Gasteiger partial charge in [-0.3, -0.25) is 9.59 Å². The van der Waals surface area contributed by atoms with Crippen LogP contribution < -0.4 is 15.8 Å². The van der Waals surface area contributed by atoms with E-state index in [1.54, 1.807) is 12.3 Å². The fraction of sp³-hybridized carbons (Fsp3) is 0.368. The highest BCUT2D eigenvalue weighted by atomic mass is 35.5. The third kappa shape index (κ3) is 3.95. The summed E-state index contributed by atoms with van der Waals surface area (Å²) in [7, 11) is 0. The molecule has 0 saturated carbocycles. The molecule has 1 fully saturated rings. The lowest BCUT2D eigenvalue weighted by molar-refractivity contribution is 0.0957. The predicted molar refractivity (Wildman–Crippen MR) is 109 cm³/mol. The molecule has 10 heteroatoms. The molecule has 0 spiro atoms. The van der Waals surface area contributed by atoms with Gasteiger partial charge in [0.2, 0.25) is 0 Å². The Morgan fingerprint density at radius 3 is 3.07 bits per heavy atom. The normalized spacial score (nSPS) is 16.1. The van der Waals surface area contributed by atoms with E-state index in [0.717, 1.165) is 12.6 Å². The van der Waals surface area contributed by atoms with Crippen LogP contribution in [-0.2, 0) is 0 Å². The number of carbonyl (C=O) groups is 1. The van der Waals surface area contributed by atoms with Gasteiger partial charge in [0, 0.05) is 36.9 Å². The number of nitrogens with zero attached hydrogens (tertiary/aromatic N) is 4. The number of hydrogen-bond acceptors (Lipinski definition) is 5. The maximum Gasteiger partial charge on any atom is 0.256 e. The highest BCUT2D eigenvalue weighted by Gasteiger charge is 2.30. The fourth-order valence-corrected chi connectivity index (χ4v) is 3.62. The highest BCUT2D eigenvalue weighted by molar-refractivity contribution is 6.18. The second-order valence-electron chi connectivity index (χ2n) is 6.51. The van der Waals surface area contributed by atoms with Crippen LogP contribution in [0.25, 0.3) is 5.65 Å². The number of alkyl halides is 1. The van der Waals surface area contributed by atoms with Gasteiger partial charge in [-0.25, -0.2) is 13.9 Å². The minimum atomic E-state index is -0.487. The molecular weight excluding hydrogens is 399 g/mol. The number of carbonyl (C=O) groups excluding carboxylic acids is 1. The van der Waals surface area contributed by atoms with Crippen molar-refractivity contribution in [3.05, 3.63) is 58.0 Å². The smallest absolute Gasteiger partial charge is 0.256 e. The Morgan fingerprint density at radius 1 is 1.45 bits per heavy atom. The van der Waals surface area contributed by atoms with E-state index in [9.17, 15) is 14.0 Å². The first-order valence-electron chi connectivity index (χ1n) is 8.92. The molecule has 8 nitrogen and oxygen atoms in total. The van der Waals surface area contributed by atoms with E-state index in [2.05, 4.69) is 20.4 Å². The number of amides is 1. The molecule has 1 saturated heterocycles. The molecule has 29 heavy (non-hydrogen) atoms. The lowest BCUT2D eigenvalue weighted by atomic mass is 10.1. The van der Waals surface area contributed by atoms with Crippen LogP contribution >= 0.6 is 11.6 Å². The van der Waals surface area contributed by atoms with E-state index >= 15 is 0 Å². The summed E-state index contributed by atoms with van der Waals surface area (Å²) in [6.07, 6.45) is 5.76. The molecule has 1 aliphatic heterocycles. The number of anilines is 1. The molecular formula is C19H22ClFN6O2. The first kappa shape index (κ1) is 20.8. The van der Waals surface area contributed by atoms with Crippen molar-refractivity contribution in [1.82, 2.24) is 24.9 Å². The van der Waals surface area contributed by atoms with Crippen molar-refractivity contribution < 1.29 is 9.18 Å². The first-order chi connectivity index (χ1) is 13.6. The lowest BCUT2D eigenvalue weighted by Gasteiger charge is -2.25. The number of aromatic amines is 1. The van der Waals surface area contributed by atoms with Crippen LogP contribution in [0.15, 0.2) is 35.5 Å². The van der Waals surface area contributed by atoms with E-state index < -0.39 is 5.82 Å². The van der Waals surface area contributed by atoms with Crippen LogP contribution in [0.1, 0.15) is 42.2 Å². The van der Waals surface area contributed by atoms with E-state index in [1.807, 2.05) is 4.90 Å². The van der Waals surface area contributed by atoms with Gasteiger partial charge in [-0.05, 0) is 25.0 Å². The van der Waals surface area contributed by atoms with Gasteiger partial charge in [-0.2, -0.15) is 5.10 Å². The van der Waals surface area contributed by atoms with Crippen LogP contribution in [0.4, 0.5) is 10.2 Å². The number of pyridine rings is 1. The Labute approximate surface area is 171 Å². The molecule has 1 amide bonds. The van der Waals surface area contributed by atoms with Gasteiger partial charge in [0.15, 0.2) is 5.65 Å². The van der Waals surface area contributed by atoms with E-state index in [-0.39, 0.29) is 24.9 Å². The minimum absolute atomic E-state index is 0. The molecule has 3 aromatic heterocycles. The summed E-state index contributed by atoms with van der Waals surface area (Å²) in [5.74, 6) is 0.116. The summed E-state index contributed by atoms with van der Waals surface area (Å²) in [6.45, 7) is 1.01. The van der Waals surface area contributed by atoms with Crippen LogP contribution in [0, 0.1) is 5.82 Å². The zero-order valence-electron chi connectivity index (χ0n) is 14.9. The lowest BCUT2D eigenvalue weighted by Crippen LogP contribution is -2.29. The van der Waals surface area contributed by atoms with Crippen LogP contribution in [0.3, 0.4) is 0 Å². The summed E-state index contributed by atoms with van der Waals surface area (Å²) in [6, 6.07) is 2.75. The van der Waals surface area contributed by atoms with Crippen molar-refractivity contribution in [1.29, 1.82) is 0 Å². The maximum absolute atomic E-state index is 13.7. The first-order valence-corrected chi connectivity index (χ1v) is 9.45. The standard InChI is InChI=1S/C18H18ClFN6O2.CH4/c19-4-5-21-18(28)13-10-23-26-7-3-15(24-16(13)26)25-6-1-2-14(25)12-8-11(20)9-22-17(12)27;/h3,7-10,14H,1-2,4-6H2,(H,21,28)(H,22,27);1H4/t14-;/m1./s1. The van der Waals surface area contributed by atoms with Gasteiger partial charge >= 0.3 is 0 Å². The summed E-state index contributed by atoms with van der Waals surface area (Å²) in [4.78, 5) is 33.5. The number of rotatable bonds is 5. The monoisotopic (exact) mass is 420 g/mol. The van der Waals surface area contributed by atoms with Gasteiger partial charge in [0.25, 0.3) is 11.5 Å². The number of fused-ring (bicyclic) bond motifs is 1. The van der Waals surface area contributed by atoms with Crippen molar-refractivity contribution in [3.8, 4) is 0 Å². The van der Waals surface area contributed by atoms with Gasteiger partial charge in [-0.1, -0.05) is 7.43 Å². The summed E-state index contributed by atoms with van der Waals surface area (Å²) in [5.41, 5.74) is 0.798. The Morgan fingerprint density at radius 2 is 2.28 bits per heavy atom. The molecule has 0 aliphatic carbocycles. The fourth-order valence-electron chi connectivity index (χ4n) is 3.52. The molecule has 0 radical (unpaired) electrons. The van der Waals surface area contributed by atoms with Crippen LogP contribution in [0.5, 0.6) is 0 Å². The molecule has 0 bridgehead atoms. The third-order valence-electron chi connectivity index (χ3n) is 4.78. The average Bonchev–Trinajstić information content (AvgIpc) is 3.34. The van der Waals surface area contributed by atoms with Gasteiger partial charge in [0.1, 0.15) is 17.2 Å². The zero-order chi connectivity index (χ0) is 19.7. The van der Waals surface area contributed by atoms with Crippen molar-refractivity contribution in [3.63, 3.8) is 0 Å². The van der Waals surface area contributed by atoms with Crippen molar-refractivity contribution >= 4 is 29.0 Å². The number of aromatic nitrogens is 4. The van der Waals surface area contributed by atoms with Crippen molar-refractivity contribution in [2.75, 3.05) is 23.9 Å². The third-order valence-corrected chi connectivity index (χ3v) is 4.97. The Bertz CT molecular complexity index is 1080. The van der Waals surface area contributed by atoms with Crippen molar-refractivity contribution in [2.45, 2.75) is 26.3 Å². The highest BCUT2D eigenvalue weighted by Crippen LogP contribution is 2.34. The molecule has 154 valence electrons. The Hall–Kier alpha value is -2.94. The summed E-state index contributed by atoms with van der Waals surface area (Å²) in [5, 5.41) is 6.85. The summed E-state index contributed by atoms with van der Waals surface area (Å²) < 4.78 is 15.2. The Kier molecular flexibility index (Phi) is 6.17. The SMILES string of the molecule is C.O=C(NCCCl)c1cnn2ccc(N3CCC[C@@H]3c3cc(F)c[nH]c3=O)nc12.